The molecule has 0 bridgehead atoms. The Balaban J connectivity index is 2.91. The van der Waals surface area contributed by atoms with Crippen molar-refractivity contribution >= 4 is 38.6 Å². The molecule has 1 rings (SSSR count). The van der Waals surface area contributed by atoms with E-state index in [0.717, 1.165) is 7.88 Å². The van der Waals surface area contributed by atoms with E-state index in [9.17, 15) is 13.2 Å². The van der Waals surface area contributed by atoms with Crippen molar-refractivity contribution in [1.82, 2.24) is 4.31 Å². The number of rotatable bonds is 5. The van der Waals surface area contributed by atoms with E-state index >= 15 is 0 Å². The maximum absolute atomic E-state index is 12.0. The third kappa shape index (κ3) is 3.93. The zero-order valence-corrected chi connectivity index (χ0v) is 12.1. The fourth-order valence-electron chi connectivity index (χ4n) is 1.18. The van der Waals surface area contributed by atoms with Gasteiger partial charge in [-0.05, 0) is 40.8 Å². The van der Waals surface area contributed by atoms with Gasteiger partial charge in [0.15, 0.2) is 0 Å². The van der Waals surface area contributed by atoms with E-state index in [-0.39, 0.29) is 17.9 Å². The molecule has 0 saturated carbocycles. The number of aliphatic carboxylic acids is 1. The van der Waals surface area contributed by atoms with Gasteiger partial charge in [-0.15, -0.1) is 0 Å². The van der Waals surface area contributed by atoms with Crippen LogP contribution in [-0.2, 0) is 14.8 Å². The first-order valence-corrected chi connectivity index (χ1v) is 7.29. The molecule has 94 valence electrons. The molecule has 5 nitrogen and oxygen atoms in total. The highest BCUT2D eigenvalue weighted by molar-refractivity contribution is 14.1. The lowest BCUT2D eigenvalue weighted by Gasteiger charge is -2.16. The summed E-state index contributed by atoms with van der Waals surface area (Å²) in [5, 5.41) is 8.52. The van der Waals surface area contributed by atoms with Crippen molar-refractivity contribution in [3.05, 3.63) is 27.8 Å². The van der Waals surface area contributed by atoms with Gasteiger partial charge >= 0.3 is 5.97 Å². The standard InChI is InChI=1S/C10H12INO4S/c1-12(6-5-10(13)14)17(15,16)9-4-2-3-8(11)7-9/h2-4,7H,5-6H2,1H3,(H,13,14). The van der Waals surface area contributed by atoms with Crippen molar-refractivity contribution < 1.29 is 18.3 Å². The normalized spacial score (nSPS) is 11.7. The van der Waals surface area contributed by atoms with Gasteiger partial charge in [0, 0.05) is 17.2 Å². The SMILES string of the molecule is CN(CCC(=O)O)S(=O)(=O)c1cccc(I)c1. The molecule has 0 heterocycles. The molecule has 0 spiro atoms. The zero-order valence-electron chi connectivity index (χ0n) is 9.13. The number of carbonyl (C=O) groups is 1. The molecule has 1 aromatic rings. The first-order valence-electron chi connectivity index (χ1n) is 4.78. The molecule has 0 atom stereocenters. The van der Waals surface area contributed by atoms with E-state index in [2.05, 4.69) is 0 Å². The Hall–Kier alpha value is -0.670. The lowest BCUT2D eigenvalue weighted by Crippen LogP contribution is -2.29. The Morgan fingerprint density at radius 1 is 1.47 bits per heavy atom. The van der Waals surface area contributed by atoms with Crippen LogP contribution in [0.2, 0.25) is 0 Å². The summed E-state index contributed by atoms with van der Waals surface area (Å²) in [7, 11) is -2.22. The summed E-state index contributed by atoms with van der Waals surface area (Å²) in [6.45, 7) is -0.0386. The Morgan fingerprint density at radius 2 is 2.12 bits per heavy atom. The van der Waals surface area contributed by atoms with Crippen LogP contribution in [0.15, 0.2) is 29.2 Å². The number of hydrogen-bond donors (Lipinski definition) is 1. The molecule has 0 unspecified atom stereocenters. The average Bonchev–Trinajstić information content (AvgIpc) is 2.25. The molecule has 0 radical (unpaired) electrons. The molecule has 0 aliphatic carbocycles. The summed E-state index contributed by atoms with van der Waals surface area (Å²) in [5.41, 5.74) is 0. The highest BCUT2D eigenvalue weighted by Crippen LogP contribution is 2.17. The molecule has 0 aromatic heterocycles. The number of nitrogens with zero attached hydrogens (tertiary/aromatic N) is 1. The van der Waals surface area contributed by atoms with E-state index in [1.165, 1.54) is 13.1 Å². The third-order valence-corrected chi connectivity index (χ3v) is 4.67. The molecule has 0 saturated heterocycles. The first kappa shape index (κ1) is 14.4. The fraction of sp³-hybridized carbons (Fsp3) is 0.300. The third-order valence-electron chi connectivity index (χ3n) is 2.14. The molecular weight excluding hydrogens is 357 g/mol. The maximum Gasteiger partial charge on any atom is 0.304 e. The van der Waals surface area contributed by atoms with E-state index in [0.29, 0.717) is 0 Å². The van der Waals surface area contributed by atoms with Crippen LogP contribution in [0.25, 0.3) is 0 Å². The van der Waals surface area contributed by atoms with Gasteiger partial charge in [0.05, 0.1) is 11.3 Å². The van der Waals surface area contributed by atoms with Crippen molar-refractivity contribution in [3.63, 3.8) is 0 Å². The van der Waals surface area contributed by atoms with Gasteiger partial charge in [0.1, 0.15) is 0 Å². The second-order valence-corrected chi connectivity index (χ2v) is 6.72. The van der Waals surface area contributed by atoms with Crippen LogP contribution in [0.1, 0.15) is 6.42 Å². The van der Waals surface area contributed by atoms with Crippen LogP contribution >= 0.6 is 22.6 Å². The number of benzene rings is 1. The maximum atomic E-state index is 12.0. The van der Waals surface area contributed by atoms with Crippen molar-refractivity contribution in [2.75, 3.05) is 13.6 Å². The Morgan fingerprint density at radius 3 is 2.65 bits per heavy atom. The predicted octanol–water partition coefficient (Wildman–Crippen LogP) is 1.39. The number of sulfonamides is 1. The van der Waals surface area contributed by atoms with Crippen molar-refractivity contribution in [2.45, 2.75) is 11.3 Å². The van der Waals surface area contributed by atoms with Crippen LogP contribution in [-0.4, -0.2) is 37.4 Å². The van der Waals surface area contributed by atoms with E-state index in [1.54, 1.807) is 18.2 Å². The van der Waals surface area contributed by atoms with Crippen LogP contribution < -0.4 is 0 Å². The van der Waals surface area contributed by atoms with Crippen LogP contribution in [0.3, 0.4) is 0 Å². The van der Waals surface area contributed by atoms with Crippen molar-refractivity contribution in [3.8, 4) is 0 Å². The summed E-state index contributed by atoms with van der Waals surface area (Å²) in [4.78, 5) is 10.6. The minimum atomic E-state index is -3.59. The van der Waals surface area contributed by atoms with Gasteiger partial charge < -0.3 is 5.11 Å². The number of halogens is 1. The first-order chi connectivity index (χ1) is 7.84. The summed E-state index contributed by atoms with van der Waals surface area (Å²) >= 11 is 2.02. The molecule has 0 fully saturated rings. The Bertz CT molecular complexity index is 515. The Labute approximate surface area is 114 Å². The van der Waals surface area contributed by atoms with Gasteiger partial charge in [0.25, 0.3) is 0 Å². The van der Waals surface area contributed by atoms with Crippen LogP contribution in [0.5, 0.6) is 0 Å². The van der Waals surface area contributed by atoms with Crippen molar-refractivity contribution in [2.24, 2.45) is 0 Å². The van der Waals surface area contributed by atoms with E-state index in [1.807, 2.05) is 22.6 Å². The highest BCUT2D eigenvalue weighted by atomic mass is 127. The van der Waals surface area contributed by atoms with E-state index < -0.39 is 16.0 Å². The smallest absolute Gasteiger partial charge is 0.304 e. The molecule has 1 N–H and O–H groups in total. The van der Waals surface area contributed by atoms with Crippen LogP contribution in [0.4, 0.5) is 0 Å². The second-order valence-electron chi connectivity index (χ2n) is 3.43. The lowest BCUT2D eigenvalue weighted by molar-refractivity contribution is -0.137. The van der Waals surface area contributed by atoms with Crippen LogP contribution in [0, 0.1) is 3.57 Å². The number of carboxylic acid groups (broad SMARTS) is 1. The molecule has 0 amide bonds. The number of carboxylic acids is 1. The second kappa shape index (κ2) is 5.78. The average molecular weight is 369 g/mol. The quantitative estimate of drug-likeness (QED) is 0.796. The minimum Gasteiger partial charge on any atom is -0.481 e. The summed E-state index contributed by atoms with van der Waals surface area (Å²) in [6, 6.07) is 6.48. The predicted molar refractivity (Wildman–Crippen MR) is 71.2 cm³/mol. The molecule has 1 aromatic carbocycles. The van der Waals surface area contributed by atoms with E-state index in [4.69, 9.17) is 5.11 Å². The summed E-state index contributed by atoms with van der Waals surface area (Å²) in [6.07, 6.45) is -0.209. The topological polar surface area (TPSA) is 74.7 Å². The number of hydrogen-bond acceptors (Lipinski definition) is 3. The van der Waals surface area contributed by atoms with Gasteiger partial charge in [-0.3, -0.25) is 4.79 Å². The molecule has 0 aliphatic heterocycles. The van der Waals surface area contributed by atoms with Gasteiger partial charge in [-0.1, -0.05) is 6.07 Å². The van der Waals surface area contributed by atoms with Gasteiger partial charge in [-0.2, -0.15) is 0 Å². The summed E-state index contributed by atoms with van der Waals surface area (Å²) < 4.78 is 25.9. The molecule has 0 aliphatic rings. The molecular formula is C10H12INO4S. The van der Waals surface area contributed by atoms with Crippen molar-refractivity contribution in [1.29, 1.82) is 0 Å². The molecule has 7 heteroatoms. The largest absolute Gasteiger partial charge is 0.481 e. The lowest BCUT2D eigenvalue weighted by atomic mass is 10.4. The molecule has 17 heavy (non-hydrogen) atoms. The summed E-state index contributed by atoms with van der Waals surface area (Å²) in [5.74, 6) is -1.02. The van der Waals surface area contributed by atoms with Gasteiger partial charge in [-0.25, -0.2) is 12.7 Å². The fourth-order valence-corrected chi connectivity index (χ4v) is 3.15. The minimum absolute atomic E-state index is 0.0386. The zero-order chi connectivity index (χ0) is 13.1. The Kier molecular flexibility index (Phi) is 4.90. The highest BCUT2D eigenvalue weighted by Gasteiger charge is 2.21. The monoisotopic (exact) mass is 369 g/mol. The van der Waals surface area contributed by atoms with Gasteiger partial charge in [0.2, 0.25) is 10.0 Å².